The SMILES string of the molecule is O=C(NCc1ccc(Cl)cc1)[C@H](Cc1ccccc1)N(Cc1ccc(Cl)cc1)C(=O)COc1ccccc1Cl. The van der Waals surface area contributed by atoms with Crippen LogP contribution in [0.1, 0.15) is 16.7 Å². The van der Waals surface area contributed by atoms with Crippen molar-refractivity contribution in [2.24, 2.45) is 0 Å². The Balaban J connectivity index is 1.61. The first kappa shape index (κ1) is 28.5. The van der Waals surface area contributed by atoms with Crippen LogP contribution in [0.15, 0.2) is 103 Å². The van der Waals surface area contributed by atoms with Gasteiger partial charge in [0.25, 0.3) is 5.91 Å². The van der Waals surface area contributed by atoms with E-state index in [4.69, 9.17) is 39.5 Å². The van der Waals surface area contributed by atoms with Crippen LogP contribution in [0.3, 0.4) is 0 Å². The van der Waals surface area contributed by atoms with Crippen molar-refractivity contribution in [3.05, 3.63) is 135 Å². The number of benzene rings is 4. The summed E-state index contributed by atoms with van der Waals surface area (Å²) in [5.41, 5.74) is 2.64. The standard InChI is InChI=1S/C31H27Cl3N2O3/c32-25-14-10-23(11-15-25)19-35-31(38)28(18-22-6-2-1-3-7-22)36(20-24-12-16-26(33)17-13-24)30(37)21-39-29-9-5-4-8-27(29)34/h1-17,28H,18-21H2,(H,35,38)/t28-/m0/s1. The Kier molecular flexibility index (Phi) is 10.3. The van der Waals surface area contributed by atoms with E-state index in [1.807, 2.05) is 54.6 Å². The number of carbonyl (C=O) groups is 2. The normalized spacial score (nSPS) is 11.5. The second-order valence-corrected chi connectivity index (χ2v) is 10.2. The number of hydrogen-bond acceptors (Lipinski definition) is 3. The molecule has 0 aliphatic carbocycles. The lowest BCUT2D eigenvalue weighted by molar-refractivity contribution is -0.142. The second kappa shape index (κ2) is 14.0. The molecule has 0 bridgehead atoms. The van der Waals surface area contributed by atoms with Crippen molar-refractivity contribution in [2.75, 3.05) is 6.61 Å². The maximum absolute atomic E-state index is 13.7. The van der Waals surface area contributed by atoms with E-state index in [9.17, 15) is 9.59 Å². The zero-order valence-electron chi connectivity index (χ0n) is 21.0. The van der Waals surface area contributed by atoms with Crippen molar-refractivity contribution in [1.82, 2.24) is 10.2 Å². The summed E-state index contributed by atoms with van der Waals surface area (Å²) in [7, 11) is 0. The zero-order chi connectivity index (χ0) is 27.6. The Labute approximate surface area is 243 Å². The molecule has 0 unspecified atom stereocenters. The molecule has 2 amide bonds. The van der Waals surface area contributed by atoms with Crippen molar-refractivity contribution < 1.29 is 14.3 Å². The molecule has 5 nitrogen and oxygen atoms in total. The molecular weight excluding hydrogens is 555 g/mol. The van der Waals surface area contributed by atoms with Crippen molar-refractivity contribution >= 4 is 46.6 Å². The molecule has 39 heavy (non-hydrogen) atoms. The predicted molar refractivity (Wildman–Crippen MR) is 156 cm³/mol. The first-order chi connectivity index (χ1) is 18.9. The minimum absolute atomic E-state index is 0.188. The molecule has 8 heteroatoms. The molecule has 1 N–H and O–H groups in total. The van der Waals surface area contributed by atoms with Gasteiger partial charge in [0.2, 0.25) is 5.91 Å². The van der Waals surface area contributed by atoms with E-state index < -0.39 is 6.04 Å². The number of hydrogen-bond donors (Lipinski definition) is 1. The fourth-order valence-corrected chi connectivity index (χ4v) is 4.48. The maximum Gasteiger partial charge on any atom is 0.261 e. The van der Waals surface area contributed by atoms with E-state index in [2.05, 4.69) is 5.32 Å². The molecule has 0 aliphatic rings. The van der Waals surface area contributed by atoms with Gasteiger partial charge in [-0.3, -0.25) is 9.59 Å². The minimum Gasteiger partial charge on any atom is -0.482 e. The topological polar surface area (TPSA) is 58.6 Å². The zero-order valence-corrected chi connectivity index (χ0v) is 23.3. The van der Waals surface area contributed by atoms with E-state index >= 15 is 0 Å². The first-order valence-corrected chi connectivity index (χ1v) is 13.5. The van der Waals surface area contributed by atoms with Crippen LogP contribution in [0.25, 0.3) is 0 Å². The van der Waals surface area contributed by atoms with Crippen LogP contribution in [-0.2, 0) is 29.1 Å². The summed E-state index contributed by atoms with van der Waals surface area (Å²) in [4.78, 5) is 28.9. The number of rotatable bonds is 11. The molecule has 1 atom stereocenters. The van der Waals surface area contributed by atoms with Crippen LogP contribution < -0.4 is 10.1 Å². The van der Waals surface area contributed by atoms with Gasteiger partial charge in [0.1, 0.15) is 11.8 Å². The monoisotopic (exact) mass is 580 g/mol. The van der Waals surface area contributed by atoms with Crippen LogP contribution in [0, 0.1) is 0 Å². The summed E-state index contributed by atoms with van der Waals surface area (Å²) in [5, 5.41) is 4.59. The molecule has 0 saturated heterocycles. The van der Waals surface area contributed by atoms with Crippen LogP contribution >= 0.6 is 34.8 Å². The second-order valence-electron chi connectivity index (χ2n) is 8.92. The molecule has 0 heterocycles. The molecule has 0 aliphatic heterocycles. The largest absolute Gasteiger partial charge is 0.482 e. The third kappa shape index (κ3) is 8.49. The average molecular weight is 582 g/mol. The minimum atomic E-state index is -0.808. The van der Waals surface area contributed by atoms with Crippen LogP contribution in [0.5, 0.6) is 5.75 Å². The highest BCUT2D eigenvalue weighted by Gasteiger charge is 2.30. The summed E-state index contributed by atoms with van der Waals surface area (Å²) in [6.45, 7) is 0.196. The predicted octanol–water partition coefficient (Wildman–Crippen LogP) is 6.98. The van der Waals surface area contributed by atoms with Crippen molar-refractivity contribution in [3.8, 4) is 5.75 Å². The summed E-state index contributed by atoms with van der Waals surface area (Å²) in [6, 6.07) is 30.2. The van der Waals surface area contributed by atoms with Crippen molar-refractivity contribution in [3.63, 3.8) is 0 Å². The van der Waals surface area contributed by atoms with Gasteiger partial charge < -0.3 is 15.0 Å². The Hall–Kier alpha value is -3.51. The van der Waals surface area contributed by atoms with Crippen molar-refractivity contribution in [2.45, 2.75) is 25.6 Å². The van der Waals surface area contributed by atoms with E-state index in [0.29, 0.717) is 33.8 Å². The lowest BCUT2D eigenvalue weighted by Crippen LogP contribution is -2.51. The summed E-state index contributed by atoms with van der Waals surface area (Å²) in [5.74, 6) is -0.243. The average Bonchev–Trinajstić information content (AvgIpc) is 2.95. The van der Waals surface area contributed by atoms with Gasteiger partial charge in [0, 0.05) is 29.6 Å². The van der Waals surface area contributed by atoms with Crippen LogP contribution in [0.4, 0.5) is 0 Å². The summed E-state index contributed by atoms with van der Waals surface area (Å²) >= 11 is 18.3. The van der Waals surface area contributed by atoms with Gasteiger partial charge >= 0.3 is 0 Å². The third-order valence-corrected chi connectivity index (χ3v) is 6.92. The highest BCUT2D eigenvalue weighted by atomic mass is 35.5. The molecule has 0 aromatic heterocycles. The number of amides is 2. The van der Waals surface area contributed by atoms with Gasteiger partial charge in [-0.15, -0.1) is 0 Å². The number of nitrogens with one attached hydrogen (secondary N) is 1. The van der Waals surface area contributed by atoms with E-state index in [1.165, 1.54) is 0 Å². The third-order valence-electron chi connectivity index (χ3n) is 6.11. The molecule has 4 aromatic rings. The summed E-state index contributed by atoms with van der Waals surface area (Å²) in [6.07, 6.45) is 0.318. The van der Waals surface area contributed by atoms with Gasteiger partial charge in [-0.2, -0.15) is 0 Å². The van der Waals surface area contributed by atoms with Gasteiger partial charge in [-0.05, 0) is 53.1 Å². The summed E-state index contributed by atoms with van der Waals surface area (Å²) < 4.78 is 5.77. The first-order valence-electron chi connectivity index (χ1n) is 12.4. The number of ether oxygens (including phenoxy) is 1. The Morgan fingerprint density at radius 2 is 1.31 bits per heavy atom. The van der Waals surface area contributed by atoms with E-state index in [-0.39, 0.29) is 25.0 Å². The molecule has 0 fully saturated rings. The Bertz CT molecular complexity index is 1380. The molecule has 4 rings (SSSR count). The van der Waals surface area contributed by atoms with Crippen molar-refractivity contribution in [1.29, 1.82) is 0 Å². The fraction of sp³-hybridized carbons (Fsp3) is 0.161. The molecular formula is C31H27Cl3N2O3. The van der Waals surface area contributed by atoms with Crippen LogP contribution in [0.2, 0.25) is 15.1 Å². The lowest BCUT2D eigenvalue weighted by Gasteiger charge is -2.31. The van der Waals surface area contributed by atoms with E-state index in [1.54, 1.807) is 53.4 Å². The van der Waals surface area contributed by atoms with Gasteiger partial charge in [-0.25, -0.2) is 0 Å². The quantitative estimate of drug-likeness (QED) is 0.208. The fourth-order valence-electron chi connectivity index (χ4n) is 4.03. The van der Waals surface area contributed by atoms with E-state index in [0.717, 1.165) is 16.7 Å². The number of para-hydroxylation sites is 1. The van der Waals surface area contributed by atoms with Crippen LogP contribution in [-0.4, -0.2) is 29.4 Å². The Morgan fingerprint density at radius 3 is 1.95 bits per heavy atom. The maximum atomic E-state index is 13.7. The molecule has 0 radical (unpaired) electrons. The smallest absolute Gasteiger partial charge is 0.261 e. The molecule has 200 valence electrons. The highest BCUT2D eigenvalue weighted by molar-refractivity contribution is 6.32. The lowest BCUT2D eigenvalue weighted by atomic mass is 10.0. The van der Waals surface area contributed by atoms with Gasteiger partial charge in [0.05, 0.1) is 5.02 Å². The number of halogens is 3. The molecule has 0 spiro atoms. The number of nitrogens with zero attached hydrogens (tertiary/aromatic N) is 1. The number of carbonyl (C=O) groups excluding carboxylic acids is 2. The highest BCUT2D eigenvalue weighted by Crippen LogP contribution is 2.24. The Morgan fingerprint density at radius 1 is 0.718 bits per heavy atom. The molecule has 0 saturated carbocycles. The van der Waals surface area contributed by atoms with Gasteiger partial charge in [0.15, 0.2) is 6.61 Å². The van der Waals surface area contributed by atoms with Gasteiger partial charge in [-0.1, -0.05) is 102 Å². The molecule has 4 aromatic carbocycles.